The lowest BCUT2D eigenvalue weighted by atomic mass is 10.00. The Morgan fingerprint density at radius 1 is 1.21 bits per heavy atom. The van der Waals surface area contributed by atoms with Crippen molar-refractivity contribution in [2.24, 2.45) is 4.99 Å². The van der Waals surface area contributed by atoms with Crippen molar-refractivity contribution in [1.29, 1.82) is 0 Å². The fraction of sp³-hybridized carbons (Fsp3) is 0.400. The third-order valence-corrected chi connectivity index (χ3v) is 5.90. The van der Waals surface area contributed by atoms with Crippen LogP contribution < -0.4 is 10.6 Å². The van der Waals surface area contributed by atoms with Gasteiger partial charge in [-0.3, -0.25) is 9.89 Å². The van der Waals surface area contributed by atoms with Crippen molar-refractivity contribution in [1.82, 2.24) is 20.5 Å². The van der Waals surface area contributed by atoms with Gasteiger partial charge in [-0.1, -0.05) is 24.3 Å². The van der Waals surface area contributed by atoms with Gasteiger partial charge in [0.25, 0.3) is 0 Å². The molecule has 6 nitrogen and oxygen atoms in total. The molecule has 0 spiro atoms. The number of hydrogen-bond donors (Lipinski definition) is 4. The Labute approximate surface area is 211 Å². The minimum absolute atomic E-state index is 0. The van der Waals surface area contributed by atoms with Crippen molar-refractivity contribution in [2.75, 3.05) is 32.7 Å². The van der Waals surface area contributed by atoms with Crippen LogP contribution in [0.3, 0.4) is 0 Å². The molecule has 1 unspecified atom stereocenters. The average Bonchev–Trinajstić information content (AvgIpc) is 3.19. The molecular formula is C25H33FIN5O. The molecule has 0 saturated heterocycles. The fourth-order valence-electron chi connectivity index (χ4n) is 4.28. The summed E-state index contributed by atoms with van der Waals surface area (Å²) in [6.07, 6.45) is 3.17. The van der Waals surface area contributed by atoms with Crippen LogP contribution in [0.5, 0.6) is 0 Å². The summed E-state index contributed by atoms with van der Waals surface area (Å²) in [6, 6.07) is 13.3. The molecule has 0 aliphatic carbocycles. The number of H-pyrrole nitrogens is 1. The number of rotatable bonds is 8. The van der Waals surface area contributed by atoms with Gasteiger partial charge < -0.3 is 20.7 Å². The average molecular weight is 565 g/mol. The summed E-state index contributed by atoms with van der Waals surface area (Å²) in [6.45, 7) is 6.20. The molecule has 3 aromatic rings. The first kappa shape index (κ1) is 25.5. The minimum atomic E-state index is -0.521. The highest BCUT2D eigenvalue weighted by Gasteiger charge is 2.18. The number of benzene rings is 2. The summed E-state index contributed by atoms with van der Waals surface area (Å²) in [5, 5.41) is 18.0. The molecule has 2 heterocycles. The number of aliphatic hydroxyl groups is 1. The molecule has 1 aromatic heterocycles. The molecule has 2 aromatic carbocycles. The summed E-state index contributed by atoms with van der Waals surface area (Å²) in [5.41, 5.74) is 4.76. The highest BCUT2D eigenvalue weighted by atomic mass is 127. The zero-order valence-corrected chi connectivity index (χ0v) is 21.3. The number of guanidine groups is 1. The van der Waals surface area contributed by atoms with Crippen molar-refractivity contribution in [3.05, 3.63) is 71.2 Å². The molecule has 1 aliphatic heterocycles. The van der Waals surface area contributed by atoms with E-state index in [0.717, 1.165) is 48.9 Å². The number of hydrogen-bond acceptors (Lipinski definition) is 3. The maximum atomic E-state index is 13.6. The van der Waals surface area contributed by atoms with Crippen molar-refractivity contribution in [2.45, 2.75) is 32.4 Å². The highest BCUT2D eigenvalue weighted by Crippen LogP contribution is 2.20. The number of β-amino-alcohol motifs (C(OH)–C–C–N with tert-alkyl or cyclic N) is 1. The highest BCUT2D eigenvalue weighted by molar-refractivity contribution is 14.0. The molecule has 0 radical (unpaired) electrons. The molecule has 8 heteroatoms. The first-order valence-electron chi connectivity index (χ1n) is 11.4. The van der Waals surface area contributed by atoms with Crippen LogP contribution in [0.25, 0.3) is 10.9 Å². The summed E-state index contributed by atoms with van der Waals surface area (Å²) in [4.78, 5) is 10.0. The molecule has 1 atom stereocenters. The molecule has 33 heavy (non-hydrogen) atoms. The van der Waals surface area contributed by atoms with E-state index < -0.39 is 6.10 Å². The van der Waals surface area contributed by atoms with Crippen LogP contribution >= 0.6 is 24.0 Å². The van der Waals surface area contributed by atoms with Crippen molar-refractivity contribution in [3.8, 4) is 0 Å². The monoisotopic (exact) mass is 565 g/mol. The second-order valence-corrected chi connectivity index (χ2v) is 8.31. The standard InChI is InChI=1S/C25H32FN5O.HI/c1-2-27-25(28-11-9-19-14-29-24-8-7-21(26)13-23(19)24)30-15-22(32)17-31-12-10-18-5-3-4-6-20(18)16-31;/h3-8,13-14,22,29,32H,2,9-12,15-17H2,1H3,(H2,27,28,30);1H. The Balaban J connectivity index is 0.00000306. The number of fused-ring (bicyclic) bond motifs is 2. The lowest BCUT2D eigenvalue weighted by molar-refractivity contribution is 0.111. The number of nitrogens with zero attached hydrogens (tertiary/aromatic N) is 2. The predicted molar refractivity (Wildman–Crippen MR) is 143 cm³/mol. The van der Waals surface area contributed by atoms with Gasteiger partial charge >= 0.3 is 0 Å². The van der Waals surface area contributed by atoms with Crippen LogP contribution in [0.2, 0.25) is 0 Å². The van der Waals surface area contributed by atoms with Gasteiger partial charge in [0, 0.05) is 49.8 Å². The van der Waals surface area contributed by atoms with Gasteiger partial charge in [0.15, 0.2) is 5.96 Å². The quantitative estimate of drug-likeness (QED) is 0.192. The summed E-state index contributed by atoms with van der Waals surface area (Å²) < 4.78 is 13.6. The van der Waals surface area contributed by atoms with Gasteiger partial charge in [-0.25, -0.2) is 4.39 Å². The molecule has 4 N–H and O–H groups in total. The topological polar surface area (TPSA) is 75.7 Å². The van der Waals surface area contributed by atoms with E-state index in [1.54, 1.807) is 12.1 Å². The van der Waals surface area contributed by atoms with Crippen molar-refractivity contribution >= 4 is 40.8 Å². The van der Waals surface area contributed by atoms with Gasteiger partial charge in [-0.2, -0.15) is 0 Å². The van der Waals surface area contributed by atoms with Crippen LogP contribution in [-0.4, -0.2) is 59.8 Å². The van der Waals surface area contributed by atoms with Crippen LogP contribution in [0.15, 0.2) is 53.7 Å². The zero-order valence-electron chi connectivity index (χ0n) is 19.0. The SMILES string of the molecule is CCNC(=NCC(O)CN1CCc2ccccc2C1)NCCc1c[nH]c2ccc(F)cc12.I. The second-order valence-electron chi connectivity index (χ2n) is 8.31. The molecule has 1 aliphatic rings. The number of aromatic nitrogens is 1. The number of aliphatic imine (C=N–C) groups is 1. The Morgan fingerprint density at radius 3 is 2.85 bits per heavy atom. The molecule has 0 fully saturated rings. The Hall–Kier alpha value is -2.17. The smallest absolute Gasteiger partial charge is 0.191 e. The van der Waals surface area contributed by atoms with E-state index in [2.05, 4.69) is 49.8 Å². The maximum absolute atomic E-state index is 13.6. The molecule has 0 bridgehead atoms. The van der Waals surface area contributed by atoms with E-state index in [1.807, 2.05) is 13.1 Å². The summed E-state index contributed by atoms with van der Waals surface area (Å²) >= 11 is 0. The first-order valence-corrected chi connectivity index (χ1v) is 11.4. The van der Waals surface area contributed by atoms with Crippen LogP contribution in [-0.2, 0) is 19.4 Å². The van der Waals surface area contributed by atoms with Crippen molar-refractivity contribution in [3.63, 3.8) is 0 Å². The first-order chi connectivity index (χ1) is 15.6. The molecule has 4 rings (SSSR count). The van der Waals surface area contributed by atoms with Gasteiger partial charge in [0.2, 0.25) is 0 Å². The Bertz CT molecular complexity index is 1070. The van der Waals surface area contributed by atoms with E-state index in [1.165, 1.54) is 17.2 Å². The second kappa shape index (κ2) is 12.3. The van der Waals surface area contributed by atoms with Gasteiger partial charge in [0.1, 0.15) is 5.82 Å². The normalized spacial score (nSPS) is 15.1. The summed E-state index contributed by atoms with van der Waals surface area (Å²) in [7, 11) is 0. The third-order valence-electron chi connectivity index (χ3n) is 5.90. The number of nitrogens with one attached hydrogen (secondary N) is 3. The van der Waals surface area contributed by atoms with E-state index in [4.69, 9.17) is 0 Å². The molecule has 0 amide bonds. The molecule has 0 saturated carbocycles. The lowest BCUT2D eigenvalue weighted by Gasteiger charge is -2.30. The molecular weight excluding hydrogens is 532 g/mol. The lowest BCUT2D eigenvalue weighted by Crippen LogP contribution is -2.40. The molecule has 178 valence electrons. The summed E-state index contributed by atoms with van der Waals surface area (Å²) in [5.74, 6) is 0.453. The van der Waals surface area contributed by atoms with E-state index in [0.29, 0.717) is 25.6 Å². The van der Waals surface area contributed by atoms with Crippen LogP contribution in [0.1, 0.15) is 23.6 Å². The maximum Gasteiger partial charge on any atom is 0.191 e. The minimum Gasteiger partial charge on any atom is -0.390 e. The fourth-order valence-corrected chi connectivity index (χ4v) is 4.28. The van der Waals surface area contributed by atoms with E-state index in [-0.39, 0.29) is 29.8 Å². The van der Waals surface area contributed by atoms with E-state index >= 15 is 0 Å². The number of halogens is 2. The number of aliphatic hydroxyl groups excluding tert-OH is 1. The van der Waals surface area contributed by atoms with Crippen LogP contribution in [0, 0.1) is 5.82 Å². The largest absolute Gasteiger partial charge is 0.390 e. The number of aromatic amines is 1. The third kappa shape index (κ3) is 6.91. The van der Waals surface area contributed by atoms with Gasteiger partial charge in [0.05, 0.1) is 12.6 Å². The Kier molecular flexibility index (Phi) is 9.52. The zero-order chi connectivity index (χ0) is 22.3. The van der Waals surface area contributed by atoms with Crippen molar-refractivity contribution < 1.29 is 9.50 Å². The van der Waals surface area contributed by atoms with Crippen LogP contribution in [0.4, 0.5) is 4.39 Å². The van der Waals surface area contributed by atoms with Gasteiger partial charge in [-0.15, -0.1) is 24.0 Å². The Morgan fingerprint density at radius 2 is 2.03 bits per heavy atom. The van der Waals surface area contributed by atoms with E-state index in [9.17, 15) is 9.50 Å². The predicted octanol–water partition coefficient (Wildman–Crippen LogP) is 3.44. The van der Waals surface area contributed by atoms with Gasteiger partial charge in [-0.05, 0) is 54.7 Å².